The normalized spacial score (nSPS) is 31.5. The smallest absolute Gasteiger partial charge is 0.210 e. The van der Waals surface area contributed by atoms with Crippen LogP contribution >= 0.6 is 11.3 Å². The zero-order valence-corrected chi connectivity index (χ0v) is 15.7. The summed E-state index contributed by atoms with van der Waals surface area (Å²) in [6, 6.07) is 7.34. The van der Waals surface area contributed by atoms with Gasteiger partial charge in [-0.2, -0.15) is 0 Å². The fraction of sp³-hybridized carbons (Fsp3) is 0.562. The monoisotopic (exact) mass is 385 g/mol. The maximum absolute atomic E-state index is 12.8. The van der Waals surface area contributed by atoms with Gasteiger partial charge in [-0.1, -0.05) is 12.1 Å². The highest BCUT2D eigenvalue weighted by Gasteiger charge is 2.56. The molecule has 0 saturated carbocycles. The van der Waals surface area contributed by atoms with Crippen molar-refractivity contribution >= 4 is 31.4 Å². The van der Waals surface area contributed by atoms with Crippen LogP contribution in [0, 0.1) is 0 Å². The Bertz CT molecular complexity index is 860. The van der Waals surface area contributed by atoms with Crippen LogP contribution in [0.15, 0.2) is 28.6 Å². The third kappa shape index (κ3) is 3.09. The van der Waals surface area contributed by atoms with E-state index in [2.05, 4.69) is 4.98 Å². The van der Waals surface area contributed by atoms with Crippen LogP contribution in [0.25, 0.3) is 10.2 Å². The van der Waals surface area contributed by atoms with Crippen LogP contribution in [-0.2, 0) is 28.8 Å². The Labute approximate surface area is 149 Å². The summed E-state index contributed by atoms with van der Waals surface area (Å²) >= 11 is 1.16. The van der Waals surface area contributed by atoms with Gasteiger partial charge in [0.25, 0.3) is 0 Å². The molecule has 0 aliphatic carbocycles. The summed E-state index contributed by atoms with van der Waals surface area (Å²) < 4.78 is 49.2. The number of hydrogen-bond donors (Lipinski definition) is 0. The number of aromatic nitrogens is 1. The molecule has 9 heteroatoms. The van der Waals surface area contributed by atoms with E-state index < -0.39 is 40.2 Å². The Kier molecular flexibility index (Phi) is 4.13. The lowest BCUT2D eigenvalue weighted by atomic mass is 10.2. The van der Waals surface area contributed by atoms with Gasteiger partial charge in [-0.25, -0.2) is 13.4 Å². The molecule has 1 aromatic carbocycles. The molecule has 2 aliphatic heterocycles. The number of nitrogens with zero attached hydrogens (tertiary/aromatic N) is 1. The van der Waals surface area contributed by atoms with Gasteiger partial charge in [0.05, 0.1) is 16.0 Å². The summed E-state index contributed by atoms with van der Waals surface area (Å²) in [6.07, 6.45) is -2.27. The predicted molar refractivity (Wildman–Crippen MR) is 91.2 cm³/mol. The molecule has 2 aromatic rings. The fourth-order valence-corrected chi connectivity index (χ4v) is 6.00. The van der Waals surface area contributed by atoms with Gasteiger partial charge in [0, 0.05) is 7.11 Å². The number of hydrogen-bond acceptors (Lipinski definition) is 8. The maximum Gasteiger partial charge on any atom is 0.210 e. The minimum atomic E-state index is -3.62. The number of methoxy groups -OCH3 is 1. The standard InChI is InChI=1S/C16H19NO6S2/c1-16(2)22-12-10(21-14(20-3)13(12)23-16)8-25(18,19)15-17-9-6-4-5-7-11(9)24-15/h4-7,10,12-14H,8H2,1-3H3/t10-,12-,13-,14-/m1/s1. The Morgan fingerprint density at radius 3 is 2.68 bits per heavy atom. The number of thiazole rings is 1. The van der Waals surface area contributed by atoms with Gasteiger partial charge in [0.1, 0.15) is 18.3 Å². The SMILES string of the molecule is CO[C@@H]1O[C@H](CS(=O)(=O)c2nc3ccccc3s2)[C@H]2OC(C)(C)O[C@@H]12. The van der Waals surface area contributed by atoms with Gasteiger partial charge >= 0.3 is 0 Å². The summed E-state index contributed by atoms with van der Waals surface area (Å²) in [5.74, 6) is -1.03. The van der Waals surface area contributed by atoms with Crippen LogP contribution in [0.1, 0.15) is 13.8 Å². The van der Waals surface area contributed by atoms with Crippen LogP contribution < -0.4 is 0 Å². The molecule has 0 unspecified atom stereocenters. The highest BCUT2D eigenvalue weighted by molar-refractivity contribution is 7.93. The molecule has 0 spiro atoms. The first-order chi connectivity index (χ1) is 11.8. The average molecular weight is 385 g/mol. The molecule has 1 aromatic heterocycles. The molecular formula is C16H19NO6S2. The zero-order valence-electron chi connectivity index (χ0n) is 14.0. The molecule has 2 fully saturated rings. The van der Waals surface area contributed by atoms with E-state index in [1.807, 2.05) is 18.2 Å². The van der Waals surface area contributed by atoms with Crippen molar-refractivity contribution in [2.75, 3.05) is 12.9 Å². The van der Waals surface area contributed by atoms with Gasteiger partial charge in [-0.15, -0.1) is 11.3 Å². The quantitative estimate of drug-likeness (QED) is 0.795. The summed E-state index contributed by atoms with van der Waals surface area (Å²) in [5.41, 5.74) is 0.674. The van der Waals surface area contributed by atoms with Crippen molar-refractivity contribution in [2.45, 2.75) is 48.6 Å². The fourth-order valence-electron chi connectivity index (χ4n) is 3.24. The Hall–Kier alpha value is -1.10. The second-order valence-electron chi connectivity index (χ2n) is 6.57. The number of benzene rings is 1. The minimum Gasteiger partial charge on any atom is -0.353 e. The van der Waals surface area contributed by atoms with Gasteiger partial charge in [0.15, 0.2) is 12.1 Å². The topological polar surface area (TPSA) is 84.0 Å². The van der Waals surface area contributed by atoms with Crippen LogP contribution in [0.4, 0.5) is 0 Å². The lowest BCUT2D eigenvalue weighted by Gasteiger charge is -2.23. The van der Waals surface area contributed by atoms with E-state index in [-0.39, 0.29) is 10.1 Å². The molecule has 4 rings (SSSR count). The van der Waals surface area contributed by atoms with E-state index in [0.29, 0.717) is 5.52 Å². The number of fused-ring (bicyclic) bond motifs is 2. The molecule has 0 amide bonds. The van der Waals surface area contributed by atoms with Crippen molar-refractivity contribution in [2.24, 2.45) is 0 Å². The highest BCUT2D eigenvalue weighted by atomic mass is 32.2. The first-order valence-corrected chi connectivity index (χ1v) is 10.4. The first kappa shape index (κ1) is 17.3. The minimum absolute atomic E-state index is 0.0906. The van der Waals surface area contributed by atoms with Crippen molar-refractivity contribution in [1.29, 1.82) is 0 Å². The van der Waals surface area contributed by atoms with E-state index in [0.717, 1.165) is 16.0 Å². The van der Waals surface area contributed by atoms with Crippen LogP contribution in [0.2, 0.25) is 0 Å². The predicted octanol–water partition coefficient (Wildman–Crippen LogP) is 1.96. The number of ether oxygens (including phenoxy) is 4. The molecule has 2 saturated heterocycles. The molecule has 4 atom stereocenters. The molecule has 0 N–H and O–H groups in total. The Balaban J connectivity index is 1.60. The van der Waals surface area contributed by atoms with Crippen molar-refractivity contribution < 1.29 is 27.4 Å². The summed E-state index contributed by atoms with van der Waals surface area (Å²) in [6.45, 7) is 3.58. The number of sulfone groups is 1. The highest BCUT2D eigenvalue weighted by Crippen LogP contribution is 2.40. The lowest BCUT2D eigenvalue weighted by Crippen LogP contribution is -2.34. The summed E-state index contributed by atoms with van der Waals surface area (Å²) in [5, 5.41) is 0. The van der Waals surface area contributed by atoms with Crippen molar-refractivity contribution in [1.82, 2.24) is 4.98 Å². The summed E-state index contributed by atoms with van der Waals surface area (Å²) in [7, 11) is -2.12. The third-order valence-corrected chi connectivity index (χ3v) is 7.50. The molecule has 3 heterocycles. The van der Waals surface area contributed by atoms with Gasteiger partial charge in [-0.3, -0.25) is 0 Å². The molecule has 0 radical (unpaired) electrons. The van der Waals surface area contributed by atoms with Crippen LogP contribution in [0.3, 0.4) is 0 Å². The number of para-hydroxylation sites is 1. The first-order valence-electron chi connectivity index (χ1n) is 7.91. The summed E-state index contributed by atoms with van der Waals surface area (Å²) in [4.78, 5) is 4.25. The second-order valence-corrected chi connectivity index (χ2v) is 9.81. The molecule has 0 bridgehead atoms. The van der Waals surface area contributed by atoms with Crippen molar-refractivity contribution in [3.8, 4) is 0 Å². The average Bonchev–Trinajstić information content (AvgIpc) is 3.19. The Morgan fingerprint density at radius 1 is 1.24 bits per heavy atom. The van der Waals surface area contributed by atoms with E-state index in [9.17, 15) is 8.42 Å². The molecule has 136 valence electrons. The van der Waals surface area contributed by atoms with E-state index in [1.165, 1.54) is 7.11 Å². The third-order valence-electron chi connectivity index (χ3n) is 4.26. The van der Waals surface area contributed by atoms with Crippen LogP contribution in [0.5, 0.6) is 0 Å². The van der Waals surface area contributed by atoms with E-state index in [4.69, 9.17) is 18.9 Å². The van der Waals surface area contributed by atoms with Gasteiger partial charge in [-0.05, 0) is 26.0 Å². The largest absolute Gasteiger partial charge is 0.353 e. The molecular weight excluding hydrogens is 366 g/mol. The van der Waals surface area contributed by atoms with Gasteiger partial charge < -0.3 is 18.9 Å². The molecule has 2 aliphatic rings. The lowest BCUT2D eigenvalue weighted by molar-refractivity contribution is -0.224. The second kappa shape index (κ2) is 5.97. The zero-order chi connectivity index (χ0) is 17.8. The molecule has 7 nitrogen and oxygen atoms in total. The Morgan fingerprint density at radius 2 is 1.96 bits per heavy atom. The van der Waals surface area contributed by atoms with E-state index >= 15 is 0 Å². The van der Waals surface area contributed by atoms with Gasteiger partial charge in [0.2, 0.25) is 14.2 Å². The molecule has 25 heavy (non-hydrogen) atoms. The van der Waals surface area contributed by atoms with Crippen molar-refractivity contribution in [3.05, 3.63) is 24.3 Å². The number of rotatable bonds is 4. The van der Waals surface area contributed by atoms with Crippen molar-refractivity contribution in [3.63, 3.8) is 0 Å². The van der Waals surface area contributed by atoms with Crippen LogP contribution in [-0.4, -0.2) is 56.7 Å². The maximum atomic E-state index is 12.8. The van der Waals surface area contributed by atoms with E-state index in [1.54, 1.807) is 19.9 Å².